The Labute approximate surface area is 110 Å². The standard InChI is InChI=1S/C13H19NO3S/c1-10(5-6-14)18(15)11-3-4-12-13(9-11)17-8-2-7-16-12/h3-4,9-10H,2,5-8,14H2,1H3. The lowest BCUT2D eigenvalue weighted by atomic mass is 10.3. The van der Waals surface area contributed by atoms with E-state index in [9.17, 15) is 4.21 Å². The quantitative estimate of drug-likeness (QED) is 0.903. The number of ether oxygens (including phenoxy) is 2. The molecule has 0 fully saturated rings. The molecule has 0 saturated carbocycles. The van der Waals surface area contributed by atoms with E-state index in [0.29, 0.717) is 25.5 Å². The molecule has 0 aliphatic carbocycles. The largest absolute Gasteiger partial charge is 0.490 e. The number of benzene rings is 1. The van der Waals surface area contributed by atoms with Crippen molar-refractivity contribution in [3.05, 3.63) is 18.2 Å². The van der Waals surface area contributed by atoms with Gasteiger partial charge in [-0.05, 0) is 25.1 Å². The maximum absolute atomic E-state index is 12.3. The van der Waals surface area contributed by atoms with Crippen molar-refractivity contribution >= 4 is 10.8 Å². The summed E-state index contributed by atoms with van der Waals surface area (Å²) in [6, 6.07) is 5.50. The number of rotatable bonds is 4. The van der Waals surface area contributed by atoms with Crippen molar-refractivity contribution in [2.45, 2.75) is 29.9 Å². The Balaban J connectivity index is 2.19. The van der Waals surface area contributed by atoms with Gasteiger partial charge in [-0.25, -0.2) is 0 Å². The molecule has 100 valence electrons. The van der Waals surface area contributed by atoms with E-state index in [4.69, 9.17) is 15.2 Å². The minimum Gasteiger partial charge on any atom is -0.490 e. The Kier molecular flexibility index (Phi) is 4.60. The Morgan fingerprint density at radius 3 is 2.78 bits per heavy atom. The molecule has 1 aromatic carbocycles. The molecule has 0 bridgehead atoms. The van der Waals surface area contributed by atoms with Crippen LogP contribution in [-0.2, 0) is 10.8 Å². The molecule has 0 saturated heterocycles. The SMILES string of the molecule is CC(CCN)S(=O)c1ccc2c(c1)OCCCO2. The Morgan fingerprint density at radius 2 is 2.06 bits per heavy atom. The summed E-state index contributed by atoms with van der Waals surface area (Å²) >= 11 is 0. The maximum Gasteiger partial charge on any atom is 0.162 e. The molecule has 2 N–H and O–H groups in total. The van der Waals surface area contributed by atoms with E-state index in [1.54, 1.807) is 0 Å². The zero-order valence-electron chi connectivity index (χ0n) is 10.6. The van der Waals surface area contributed by atoms with E-state index >= 15 is 0 Å². The smallest absolute Gasteiger partial charge is 0.162 e. The fourth-order valence-corrected chi connectivity index (χ4v) is 3.08. The van der Waals surface area contributed by atoms with Crippen molar-refractivity contribution in [3.8, 4) is 11.5 Å². The van der Waals surface area contributed by atoms with Gasteiger partial charge in [-0.1, -0.05) is 6.92 Å². The Hall–Kier alpha value is -1.07. The van der Waals surface area contributed by atoms with Crippen molar-refractivity contribution in [1.82, 2.24) is 0 Å². The Morgan fingerprint density at radius 1 is 1.33 bits per heavy atom. The second-order valence-electron chi connectivity index (χ2n) is 4.34. The van der Waals surface area contributed by atoms with Gasteiger partial charge in [0.25, 0.3) is 0 Å². The van der Waals surface area contributed by atoms with Crippen LogP contribution < -0.4 is 15.2 Å². The van der Waals surface area contributed by atoms with E-state index in [-0.39, 0.29) is 5.25 Å². The highest BCUT2D eigenvalue weighted by molar-refractivity contribution is 7.85. The third kappa shape index (κ3) is 3.03. The highest BCUT2D eigenvalue weighted by atomic mass is 32.2. The maximum atomic E-state index is 12.3. The van der Waals surface area contributed by atoms with Gasteiger partial charge in [-0.15, -0.1) is 0 Å². The number of fused-ring (bicyclic) bond motifs is 1. The Bertz CT molecular complexity index is 436. The summed E-state index contributed by atoms with van der Waals surface area (Å²) in [5, 5.41) is 0.0553. The van der Waals surface area contributed by atoms with E-state index < -0.39 is 10.8 Å². The van der Waals surface area contributed by atoms with Gasteiger partial charge in [0.15, 0.2) is 11.5 Å². The van der Waals surface area contributed by atoms with Crippen molar-refractivity contribution in [3.63, 3.8) is 0 Å². The third-order valence-corrected chi connectivity index (χ3v) is 4.58. The van der Waals surface area contributed by atoms with Gasteiger partial charge in [0.05, 0.1) is 24.0 Å². The van der Waals surface area contributed by atoms with Crippen LogP contribution in [0.2, 0.25) is 0 Å². The van der Waals surface area contributed by atoms with Crippen LogP contribution in [0.3, 0.4) is 0 Å². The van der Waals surface area contributed by atoms with Crippen molar-refractivity contribution < 1.29 is 13.7 Å². The normalized spacial score (nSPS) is 17.9. The summed E-state index contributed by atoms with van der Waals surface area (Å²) in [5.41, 5.74) is 5.50. The predicted octanol–water partition coefficient (Wildman–Crippen LogP) is 1.69. The second-order valence-corrected chi connectivity index (χ2v) is 6.22. The molecule has 0 spiro atoms. The third-order valence-electron chi connectivity index (χ3n) is 2.89. The van der Waals surface area contributed by atoms with Crippen molar-refractivity contribution in [1.29, 1.82) is 0 Å². The average molecular weight is 269 g/mol. The monoisotopic (exact) mass is 269 g/mol. The van der Waals surface area contributed by atoms with Crippen molar-refractivity contribution in [2.75, 3.05) is 19.8 Å². The average Bonchev–Trinajstić information content (AvgIpc) is 2.62. The fraction of sp³-hybridized carbons (Fsp3) is 0.538. The zero-order valence-corrected chi connectivity index (χ0v) is 11.4. The van der Waals surface area contributed by atoms with E-state index in [1.165, 1.54) is 0 Å². The lowest BCUT2D eigenvalue weighted by Gasteiger charge is -2.12. The van der Waals surface area contributed by atoms with Gasteiger partial charge in [-0.3, -0.25) is 4.21 Å². The summed E-state index contributed by atoms with van der Waals surface area (Å²) < 4.78 is 23.4. The van der Waals surface area contributed by atoms with Gasteiger partial charge in [0, 0.05) is 22.6 Å². The van der Waals surface area contributed by atoms with Crippen LogP contribution in [-0.4, -0.2) is 29.2 Å². The van der Waals surface area contributed by atoms with Crippen molar-refractivity contribution in [2.24, 2.45) is 5.73 Å². The van der Waals surface area contributed by atoms with Gasteiger partial charge in [0.2, 0.25) is 0 Å². The molecule has 2 atom stereocenters. The van der Waals surface area contributed by atoms with Gasteiger partial charge >= 0.3 is 0 Å². The number of hydrogen-bond donors (Lipinski definition) is 1. The molecule has 1 heterocycles. The lowest BCUT2D eigenvalue weighted by Crippen LogP contribution is -2.16. The number of nitrogens with two attached hydrogens (primary N) is 1. The van der Waals surface area contributed by atoms with E-state index in [1.807, 2.05) is 25.1 Å². The van der Waals surface area contributed by atoms with Crippen LogP contribution in [0.1, 0.15) is 19.8 Å². The molecule has 0 amide bonds. The van der Waals surface area contributed by atoms with Crippen LogP contribution in [0.25, 0.3) is 0 Å². The summed E-state index contributed by atoms with van der Waals surface area (Å²) in [7, 11) is -1.05. The van der Waals surface area contributed by atoms with E-state index in [2.05, 4.69) is 0 Å². The first-order chi connectivity index (χ1) is 8.72. The molecule has 2 rings (SSSR count). The molecule has 1 aliphatic rings. The molecule has 0 radical (unpaired) electrons. The van der Waals surface area contributed by atoms with Crippen LogP contribution >= 0.6 is 0 Å². The zero-order chi connectivity index (χ0) is 13.0. The number of hydrogen-bond acceptors (Lipinski definition) is 4. The van der Waals surface area contributed by atoms with Gasteiger partial charge in [0.1, 0.15) is 0 Å². The first-order valence-electron chi connectivity index (χ1n) is 6.22. The molecular weight excluding hydrogens is 250 g/mol. The first-order valence-corrected chi connectivity index (χ1v) is 7.44. The van der Waals surface area contributed by atoms with Crippen LogP contribution in [0, 0.1) is 0 Å². The van der Waals surface area contributed by atoms with E-state index in [0.717, 1.165) is 23.5 Å². The minimum atomic E-state index is -1.05. The predicted molar refractivity (Wildman–Crippen MR) is 71.6 cm³/mol. The highest BCUT2D eigenvalue weighted by Gasteiger charge is 2.16. The molecule has 4 nitrogen and oxygen atoms in total. The fourth-order valence-electron chi connectivity index (χ4n) is 1.84. The van der Waals surface area contributed by atoms with Crippen LogP contribution in [0.15, 0.2) is 23.1 Å². The van der Waals surface area contributed by atoms with Crippen LogP contribution in [0.5, 0.6) is 11.5 Å². The molecule has 1 aromatic rings. The molecular formula is C13H19NO3S. The summed E-state index contributed by atoms with van der Waals surface area (Å²) in [5.74, 6) is 1.43. The summed E-state index contributed by atoms with van der Waals surface area (Å²) in [6.07, 6.45) is 1.62. The second kappa shape index (κ2) is 6.20. The van der Waals surface area contributed by atoms with Gasteiger partial charge < -0.3 is 15.2 Å². The summed E-state index contributed by atoms with van der Waals surface area (Å²) in [4.78, 5) is 0.778. The highest BCUT2D eigenvalue weighted by Crippen LogP contribution is 2.32. The molecule has 18 heavy (non-hydrogen) atoms. The molecule has 5 heteroatoms. The molecule has 1 aliphatic heterocycles. The van der Waals surface area contributed by atoms with Crippen LogP contribution in [0.4, 0.5) is 0 Å². The topological polar surface area (TPSA) is 61.6 Å². The lowest BCUT2D eigenvalue weighted by molar-refractivity contribution is 0.297. The summed E-state index contributed by atoms with van der Waals surface area (Å²) in [6.45, 7) is 3.81. The van der Waals surface area contributed by atoms with Gasteiger partial charge in [-0.2, -0.15) is 0 Å². The molecule has 0 aromatic heterocycles. The minimum absolute atomic E-state index is 0.0553. The molecule has 2 unspecified atom stereocenters. The first kappa shape index (κ1) is 13.4.